The monoisotopic (exact) mass is 278 g/mol. The van der Waals surface area contributed by atoms with Crippen LogP contribution in [0.15, 0.2) is 0 Å². The van der Waals surface area contributed by atoms with Gasteiger partial charge in [-0.05, 0) is 42.9 Å². The number of hydrogen-bond donors (Lipinski definition) is 0. The Morgan fingerprint density at radius 1 is 1.00 bits per heavy atom. The molecule has 0 unspecified atom stereocenters. The molecule has 0 spiro atoms. The second-order valence-electron chi connectivity index (χ2n) is 5.86. The Bertz CT molecular complexity index is 192. The van der Waals surface area contributed by atoms with Crippen molar-refractivity contribution in [1.29, 1.82) is 0 Å². The minimum absolute atomic E-state index is 0.538. The molecule has 0 saturated heterocycles. The summed E-state index contributed by atoms with van der Waals surface area (Å²) in [6.07, 6.45) is 7.42. The molecular weight excluding hydrogens is 259 g/mol. The van der Waals surface area contributed by atoms with Gasteiger partial charge in [-0.3, -0.25) is 0 Å². The van der Waals surface area contributed by atoms with Crippen molar-refractivity contribution in [2.75, 3.05) is 0 Å². The fourth-order valence-electron chi connectivity index (χ4n) is 3.15. The van der Waals surface area contributed by atoms with Crippen LogP contribution in [0.1, 0.15) is 52.9 Å². The van der Waals surface area contributed by atoms with E-state index in [2.05, 4.69) is 43.4 Å². The van der Waals surface area contributed by atoms with Crippen LogP contribution in [0.2, 0.25) is 0 Å². The number of alkyl halides is 1. The van der Waals surface area contributed by atoms with Gasteiger partial charge in [-0.1, -0.05) is 43.4 Å². The van der Waals surface area contributed by atoms with Crippen molar-refractivity contribution in [1.82, 2.24) is 0 Å². The molecule has 2 saturated carbocycles. The zero-order valence-electron chi connectivity index (χ0n) is 8.41. The lowest BCUT2D eigenvalue weighted by atomic mass is 9.65. The van der Waals surface area contributed by atoms with Crippen LogP contribution in [-0.4, -0.2) is 3.42 Å². The summed E-state index contributed by atoms with van der Waals surface area (Å²) in [5, 5.41) is 0. The molecule has 2 aliphatic carbocycles. The second-order valence-corrected chi connectivity index (χ2v) is 8.15. The number of hydrogen-bond acceptors (Lipinski definition) is 0. The van der Waals surface area contributed by atoms with E-state index in [1.807, 2.05) is 0 Å². The van der Waals surface area contributed by atoms with Gasteiger partial charge in [-0.15, -0.1) is 0 Å². The summed E-state index contributed by atoms with van der Waals surface area (Å²) < 4.78 is 0.699. The summed E-state index contributed by atoms with van der Waals surface area (Å²) in [6, 6.07) is 0. The first-order chi connectivity index (χ1) is 5.37. The van der Waals surface area contributed by atoms with Gasteiger partial charge in [0.2, 0.25) is 0 Å². The molecule has 0 aliphatic heterocycles. The molecule has 2 fully saturated rings. The highest BCUT2D eigenvalue weighted by Crippen LogP contribution is 2.66. The molecule has 0 aromatic rings. The van der Waals surface area contributed by atoms with Crippen LogP contribution >= 0.6 is 22.6 Å². The molecule has 2 aliphatic rings. The van der Waals surface area contributed by atoms with Crippen LogP contribution in [0.3, 0.4) is 0 Å². The topological polar surface area (TPSA) is 0 Å². The third-order valence-corrected chi connectivity index (χ3v) is 5.81. The molecule has 12 heavy (non-hydrogen) atoms. The Morgan fingerprint density at radius 2 is 1.50 bits per heavy atom. The van der Waals surface area contributed by atoms with E-state index in [1.165, 1.54) is 32.1 Å². The summed E-state index contributed by atoms with van der Waals surface area (Å²) in [6.45, 7) is 7.29. The Labute approximate surface area is 89.6 Å². The van der Waals surface area contributed by atoms with Crippen LogP contribution in [0.4, 0.5) is 0 Å². The molecule has 0 atom stereocenters. The van der Waals surface area contributed by atoms with E-state index in [9.17, 15) is 0 Å². The van der Waals surface area contributed by atoms with Gasteiger partial charge in [0.05, 0.1) is 0 Å². The van der Waals surface area contributed by atoms with E-state index in [1.54, 1.807) is 0 Å². The lowest BCUT2D eigenvalue weighted by Crippen LogP contribution is -2.31. The van der Waals surface area contributed by atoms with E-state index in [0.717, 1.165) is 0 Å². The smallest absolute Gasteiger partial charge is 0.0228 e. The number of halogens is 1. The van der Waals surface area contributed by atoms with Crippen molar-refractivity contribution in [2.24, 2.45) is 10.8 Å². The third kappa shape index (κ3) is 1.15. The Hall–Kier alpha value is 0.730. The number of fused-ring (bicyclic) bond motifs is 2. The molecule has 0 radical (unpaired) electrons. The van der Waals surface area contributed by atoms with Gasteiger partial charge in [0, 0.05) is 3.42 Å². The summed E-state index contributed by atoms with van der Waals surface area (Å²) in [5.74, 6) is 0. The van der Waals surface area contributed by atoms with Crippen molar-refractivity contribution < 1.29 is 0 Å². The molecule has 0 N–H and O–H groups in total. The molecule has 1 heteroatoms. The van der Waals surface area contributed by atoms with Crippen molar-refractivity contribution >= 4 is 22.6 Å². The lowest BCUT2D eigenvalue weighted by molar-refractivity contribution is 0.0975. The van der Waals surface area contributed by atoms with Gasteiger partial charge in [0.15, 0.2) is 0 Å². The zero-order valence-corrected chi connectivity index (χ0v) is 10.6. The highest BCUT2D eigenvalue weighted by Gasteiger charge is 2.57. The van der Waals surface area contributed by atoms with Crippen LogP contribution in [0.5, 0.6) is 0 Å². The second kappa shape index (κ2) is 2.40. The largest absolute Gasteiger partial charge is 0.0789 e. The van der Waals surface area contributed by atoms with Crippen molar-refractivity contribution in [2.45, 2.75) is 56.3 Å². The standard InChI is InChI=1S/C11H19I/c1-9(2,3)10-4-6-11(12,8-10)7-5-10/h4-8H2,1-3H3. The Morgan fingerprint density at radius 3 is 1.67 bits per heavy atom. The summed E-state index contributed by atoms with van der Waals surface area (Å²) in [5.41, 5.74) is 1.24. The molecule has 2 bridgehead atoms. The van der Waals surface area contributed by atoms with Gasteiger partial charge in [0.25, 0.3) is 0 Å². The van der Waals surface area contributed by atoms with Crippen LogP contribution < -0.4 is 0 Å². The summed E-state index contributed by atoms with van der Waals surface area (Å²) >= 11 is 2.72. The van der Waals surface area contributed by atoms with E-state index in [-0.39, 0.29) is 0 Å². The molecular formula is C11H19I. The first kappa shape index (κ1) is 9.29. The van der Waals surface area contributed by atoms with Gasteiger partial charge in [-0.25, -0.2) is 0 Å². The minimum Gasteiger partial charge on any atom is -0.0789 e. The quantitative estimate of drug-likeness (QED) is 0.461. The zero-order chi connectivity index (χ0) is 9.04. The maximum atomic E-state index is 2.72. The molecule has 0 amide bonds. The van der Waals surface area contributed by atoms with E-state index in [0.29, 0.717) is 14.3 Å². The molecule has 70 valence electrons. The highest BCUT2D eigenvalue weighted by atomic mass is 127. The molecule has 0 heterocycles. The van der Waals surface area contributed by atoms with Crippen LogP contribution in [0, 0.1) is 10.8 Å². The maximum Gasteiger partial charge on any atom is 0.0228 e. The SMILES string of the molecule is CC(C)(C)C12CCC(I)(CC1)C2. The minimum atomic E-state index is 0.538. The van der Waals surface area contributed by atoms with E-state index >= 15 is 0 Å². The van der Waals surface area contributed by atoms with E-state index < -0.39 is 0 Å². The Balaban J connectivity index is 2.27. The van der Waals surface area contributed by atoms with Gasteiger partial charge >= 0.3 is 0 Å². The predicted octanol–water partition coefficient (Wildman–Crippen LogP) is 4.17. The van der Waals surface area contributed by atoms with E-state index in [4.69, 9.17) is 0 Å². The lowest BCUT2D eigenvalue weighted by Gasteiger charge is -2.40. The van der Waals surface area contributed by atoms with Crippen molar-refractivity contribution in [3.63, 3.8) is 0 Å². The van der Waals surface area contributed by atoms with Crippen molar-refractivity contribution in [3.8, 4) is 0 Å². The average Bonchev–Trinajstić information content (AvgIpc) is 2.40. The van der Waals surface area contributed by atoms with Gasteiger partial charge < -0.3 is 0 Å². The first-order valence-electron chi connectivity index (χ1n) is 5.06. The first-order valence-corrected chi connectivity index (χ1v) is 6.14. The summed E-state index contributed by atoms with van der Waals surface area (Å²) in [7, 11) is 0. The Kier molecular flexibility index (Phi) is 1.86. The summed E-state index contributed by atoms with van der Waals surface area (Å²) in [4.78, 5) is 0. The maximum absolute atomic E-state index is 2.72. The fourth-order valence-corrected chi connectivity index (χ4v) is 4.42. The fraction of sp³-hybridized carbons (Fsp3) is 1.00. The van der Waals surface area contributed by atoms with Gasteiger partial charge in [-0.2, -0.15) is 0 Å². The average molecular weight is 278 g/mol. The van der Waals surface area contributed by atoms with Gasteiger partial charge in [0.1, 0.15) is 0 Å². The highest BCUT2D eigenvalue weighted by molar-refractivity contribution is 14.1. The van der Waals surface area contributed by atoms with Crippen LogP contribution in [-0.2, 0) is 0 Å². The predicted molar refractivity (Wildman–Crippen MR) is 61.7 cm³/mol. The molecule has 0 aromatic heterocycles. The van der Waals surface area contributed by atoms with Crippen molar-refractivity contribution in [3.05, 3.63) is 0 Å². The molecule has 0 aromatic carbocycles. The third-order valence-electron chi connectivity index (χ3n) is 4.35. The number of rotatable bonds is 0. The molecule has 2 rings (SSSR count). The normalized spacial score (nSPS) is 47.0. The van der Waals surface area contributed by atoms with Crippen LogP contribution in [0.25, 0.3) is 0 Å². The molecule has 0 nitrogen and oxygen atoms in total.